The van der Waals surface area contributed by atoms with E-state index in [1.165, 1.54) is 17.9 Å². The Hall–Kier alpha value is -3.08. The molecule has 0 saturated heterocycles. The molecule has 142 valence electrons. The first-order valence-corrected chi connectivity index (χ1v) is 9.09. The van der Waals surface area contributed by atoms with Crippen molar-refractivity contribution in [3.8, 4) is 28.7 Å². The quantitative estimate of drug-likeness (QED) is 0.494. The van der Waals surface area contributed by atoms with Crippen molar-refractivity contribution in [1.29, 1.82) is 0 Å². The molecule has 2 aromatic carbocycles. The summed E-state index contributed by atoms with van der Waals surface area (Å²) in [6.45, 7) is 0.133. The van der Waals surface area contributed by atoms with Crippen molar-refractivity contribution >= 4 is 11.9 Å². The number of hydrogen-bond acceptors (Lipinski definition) is 8. The summed E-state index contributed by atoms with van der Waals surface area (Å²) in [5.74, 6) is 0.115. The van der Waals surface area contributed by atoms with Gasteiger partial charge in [-0.3, -0.25) is 5.14 Å². The highest BCUT2D eigenvalue weighted by molar-refractivity contribution is 7.97. The molecule has 0 fully saturated rings. The predicted octanol–water partition coefficient (Wildman–Crippen LogP) is 3.24. The Morgan fingerprint density at radius 3 is 2.86 bits per heavy atom. The van der Waals surface area contributed by atoms with E-state index in [0.29, 0.717) is 17.2 Å². The molecule has 8 nitrogen and oxygen atoms in total. The van der Waals surface area contributed by atoms with Crippen molar-refractivity contribution in [1.82, 2.24) is 25.1 Å². The number of hydrogen-bond donors (Lipinski definition) is 1. The number of rotatable bonds is 6. The topological polar surface area (TPSA) is 105 Å². The van der Waals surface area contributed by atoms with Gasteiger partial charge in [-0.25, -0.2) is 9.07 Å². The van der Waals surface area contributed by atoms with E-state index in [0.717, 1.165) is 22.4 Å². The molecule has 0 aliphatic carbocycles. The fourth-order valence-corrected chi connectivity index (χ4v) is 3.05. The van der Waals surface area contributed by atoms with Gasteiger partial charge in [0.25, 0.3) is 5.89 Å². The standard InChI is InChI=1S/C18H15FN6O2S/c1-26-10-15-16(22-24-25(15)14-8-3-2-7-13(14)19)18-21-17(23-27-18)11-5-4-6-12(9-11)28-20/h2-9H,10,20H2,1H3. The second-order valence-corrected chi connectivity index (χ2v) is 6.46. The summed E-state index contributed by atoms with van der Waals surface area (Å²) >= 11 is 1.13. The van der Waals surface area contributed by atoms with Gasteiger partial charge in [0.15, 0.2) is 5.69 Å². The van der Waals surface area contributed by atoms with Crippen molar-refractivity contribution < 1.29 is 13.7 Å². The molecule has 0 spiro atoms. The zero-order valence-corrected chi connectivity index (χ0v) is 15.6. The largest absolute Gasteiger partial charge is 0.378 e. The van der Waals surface area contributed by atoms with Crippen LogP contribution in [0.1, 0.15) is 5.69 Å². The smallest absolute Gasteiger partial charge is 0.280 e. The number of aromatic nitrogens is 5. The molecule has 28 heavy (non-hydrogen) atoms. The van der Waals surface area contributed by atoms with Gasteiger partial charge in [0.2, 0.25) is 5.82 Å². The molecule has 0 bridgehead atoms. The predicted molar refractivity (Wildman–Crippen MR) is 101 cm³/mol. The number of nitrogens with zero attached hydrogens (tertiary/aromatic N) is 5. The van der Waals surface area contributed by atoms with Crippen LogP contribution in [0, 0.1) is 5.82 Å². The molecule has 0 aliphatic rings. The van der Waals surface area contributed by atoms with Crippen LogP contribution >= 0.6 is 11.9 Å². The Labute approximate surface area is 163 Å². The minimum atomic E-state index is -0.432. The molecule has 0 aliphatic heterocycles. The third-order valence-electron chi connectivity index (χ3n) is 3.98. The first kappa shape index (κ1) is 18.3. The molecule has 4 aromatic rings. The second kappa shape index (κ2) is 7.89. The minimum Gasteiger partial charge on any atom is -0.378 e. The van der Waals surface area contributed by atoms with Crippen molar-refractivity contribution in [2.75, 3.05) is 7.11 Å². The average Bonchev–Trinajstić information content (AvgIpc) is 3.36. The summed E-state index contributed by atoms with van der Waals surface area (Å²) in [4.78, 5) is 5.28. The highest BCUT2D eigenvalue weighted by atomic mass is 32.2. The number of para-hydroxylation sites is 1. The maximum Gasteiger partial charge on any atom is 0.280 e. The highest BCUT2D eigenvalue weighted by Gasteiger charge is 2.22. The van der Waals surface area contributed by atoms with E-state index in [4.69, 9.17) is 14.4 Å². The Balaban J connectivity index is 1.76. The van der Waals surface area contributed by atoms with E-state index in [1.807, 2.05) is 24.3 Å². The summed E-state index contributed by atoms with van der Waals surface area (Å²) in [7, 11) is 1.53. The minimum absolute atomic E-state index is 0.133. The monoisotopic (exact) mass is 398 g/mol. The maximum absolute atomic E-state index is 14.2. The molecule has 0 radical (unpaired) electrons. The van der Waals surface area contributed by atoms with Crippen LogP contribution in [0.3, 0.4) is 0 Å². The third-order valence-corrected chi connectivity index (χ3v) is 4.51. The van der Waals surface area contributed by atoms with Crippen LogP contribution in [0.2, 0.25) is 0 Å². The van der Waals surface area contributed by atoms with E-state index >= 15 is 0 Å². The Morgan fingerprint density at radius 2 is 2.07 bits per heavy atom. The van der Waals surface area contributed by atoms with Gasteiger partial charge in [-0.2, -0.15) is 4.98 Å². The van der Waals surface area contributed by atoms with Crippen LogP contribution in [0.15, 0.2) is 57.9 Å². The lowest BCUT2D eigenvalue weighted by Crippen LogP contribution is -2.06. The molecule has 4 rings (SSSR count). The SMILES string of the molecule is COCc1c(-c2nc(-c3cccc(SN)c3)no2)nnn1-c1ccccc1F. The fourth-order valence-electron chi connectivity index (χ4n) is 2.70. The van der Waals surface area contributed by atoms with Gasteiger partial charge < -0.3 is 9.26 Å². The van der Waals surface area contributed by atoms with Gasteiger partial charge in [0.05, 0.1) is 6.61 Å². The van der Waals surface area contributed by atoms with Gasteiger partial charge in [-0.1, -0.05) is 34.6 Å². The van der Waals surface area contributed by atoms with E-state index in [1.54, 1.807) is 18.2 Å². The lowest BCUT2D eigenvalue weighted by atomic mass is 10.2. The normalized spacial score (nSPS) is 11.1. The van der Waals surface area contributed by atoms with E-state index in [2.05, 4.69) is 20.5 Å². The summed E-state index contributed by atoms with van der Waals surface area (Å²) in [5.41, 5.74) is 1.82. The second-order valence-electron chi connectivity index (χ2n) is 5.75. The van der Waals surface area contributed by atoms with Gasteiger partial charge in [-0.15, -0.1) is 5.10 Å². The number of ether oxygens (including phenoxy) is 1. The first-order valence-electron chi connectivity index (χ1n) is 8.21. The van der Waals surface area contributed by atoms with E-state index in [9.17, 15) is 4.39 Å². The molecule has 0 saturated carbocycles. The summed E-state index contributed by atoms with van der Waals surface area (Å²) in [5, 5.41) is 17.8. The van der Waals surface area contributed by atoms with Gasteiger partial charge in [0, 0.05) is 17.6 Å². The van der Waals surface area contributed by atoms with Crippen molar-refractivity contribution in [3.63, 3.8) is 0 Å². The van der Waals surface area contributed by atoms with Gasteiger partial charge in [-0.05, 0) is 36.2 Å². The number of methoxy groups -OCH3 is 1. The molecule has 0 unspecified atom stereocenters. The van der Waals surface area contributed by atoms with Crippen LogP contribution in [-0.4, -0.2) is 32.2 Å². The highest BCUT2D eigenvalue weighted by Crippen LogP contribution is 2.27. The van der Waals surface area contributed by atoms with Crippen LogP contribution in [0.4, 0.5) is 4.39 Å². The molecule has 2 N–H and O–H groups in total. The van der Waals surface area contributed by atoms with Gasteiger partial charge in [0.1, 0.15) is 17.2 Å². The summed E-state index contributed by atoms with van der Waals surface area (Å²) < 4.78 is 26.2. The zero-order chi connectivity index (χ0) is 19.5. The van der Waals surface area contributed by atoms with Crippen LogP contribution in [0.25, 0.3) is 28.7 Å². The van der Waals surface area contributed by atoms with E-state index in [-0.39, 0.29) is 18.2 Å². The summed E-state index contributed by atoms with van der Waals surface area (Å²) in [6, 6.07) is 13.7. The Kier molecular flexibility index (Phi) is 5.15. The van der Waals surface area contributed by atoms with Crippen molar-refractivity contribution in [2.24, 2.45) is 5.14 Å². The molecular weight excluding hydrogens is 383 g/mol. The van der Waals surface area contributed by atoms with Crippen LogP contribution < -0.4 is 5.14 Å². The first-order chi connectivity index (χ1) is 13.7. The number of halogens is 1. The lowest BCUT2D eigenvalue weighted by Gasteiger charge is -2.06. The molecule has 0 amide bonds. The van der Waals surface area contributed by atoms with Crippen LogP contribution in [-0.2, 0) is 11.3 Å². The Morgan fingerprint density at radius 1 is 1.21 bits per heavy atom. The number of benzene rings is 2. The Bertz CT molecular complexity index is 1110. The molecule has 2 heterocycles. The lowest BCUT2D eigenvalue weighted by molar-refractivity contribution is 0.179. The molecule has 2 aromatic heterocycles. The fraction of sp³-hybridized carbons (Fsp3) is 0.111. The molecular formula is C18H15FN6O2S. The molecule has 0 atom stereocenters. The van der Waals surface area contributed by atoms with E-state index < -0.39 is 5.82 Å². The maximum atomic E-state index is 14.2. The summed E-state index contributed by atoms with van der Waals surface area (Å²) in [6.07, 6.45) is 0. The third kappa shape index (κ3) is 3.40. The molecule has 10 heteroatoms. The number of nitrogens with two attached hydrogens (primary N) is 1. The van der Waals surface area contributed by atoms with Crippen LogP contribution in [0.5, 0.6) is 0 Å². The average molecular weight is 398 g/mol. The van der Waals surface area contributed by atoms with Gasteiger partial charge >= 0.3 is 0 Å². The van der Waals surface area contributed by atoms with Crippen molar-refractivity contribution in [2.45, 2.75) is 11.5 Å². The zero-order valence-electron chi connectivity index (χ0n) is 14.7. The van der Waals surface area contributed by atoms with Crippen molar-refractivity contribution in [3.05, 3.63) is 60.0 Å².